The molecule has 54 heavy (non-hydrogen) atoms. The Bertz CT molecular complexity index is 2150. The molecule has 0 aromatic heterocycles. The first-order valence-corrected chi connectivity index (χ1v) is 16.7. The van der Waals surface area contributed by atoms with Crippen molar-refractivity contribution in [2.45, 2.75) is 53.4 Å². The van der Waals surface area contributed by atoms with Gasteiger partial charge in [0.25, 0.3) is 23.6 Å². The molecule has 0 bridgehead atoms. The first-order valence-electron chi connectivity index (χ1n) is 16.7. The van der Waals surface area contributed by atoms with Gasteiger partial charge in [-0.1, -0.05) is 52.0 Å². The highest BCUT2D eigenvalue weighted by Gasteiger charge is 2.43. The van der Waals surface area contributed by atoms with Gasteiger partial charge >= 0.3 is 12.1 Å². The van der Waals surface area contributed by atoms with Crippen LogP contribution in [0.1, 0.15) is 72.9 Å². The van der Waals surface area contributed by atoms with E-state index >= 15 is 0 Å². The van der Waals surface area contributed by atoms with Crippen molar-refractivity contribution < 1.29 is 58.8 Å². The number of carbonyl (C=O) groups is 8. The molecule has 0 saturated carbocycles. The minimum absolute atomic E-state index is 0.0533. The number of Topliss-reactive ketones (excluding diaryl/α,β-unsaturated/α-hetero) is 2. The Morgan fingerprint density at radius 2 is 0.833 bits per heavy atom. The van der Waals surface area contributed by atoms with Gasteiger partial charge in [-0.05, 0) is 47.9 Å². The minimum atomic E-state index is -1.65. The molecule has 2 aromatic rings. The molecule has 0 radical (unpaired) electrons. The van der Waals surface area contributed by atoms with E-state index in [0.29, 0.717) is 11.1 Å². The third kappa shape index (κ3) is 5.62. The minimum Gasteiger partial charge on any atom is -0.507 e. The second-order valence-electron chi connectivity index (χ2n) is 13.9. The van der Waals surface area contributed by atoms with Crippen LogP contribution >= 0.6 is 0 Å². The highest BCUT2D eigenvalue weighted by atomic mass is 16.3. The number of aromatic hydroxyl groups is 2. The van der Waals surface area contributed by atoms with Crippen molar-refractivity contribution in [1.82, 2.24) is 21.3 Å². The molecule has 4 aliphatic rings. The molecule has 8 N–H and O–H groups in total. The number of phenols is 2. The molecular formula is C38H34N4O12. The number of nitrogens with one attached hydrogen (secondary N) is 4. The number of aliphatic hydroxyl groups is 2. The summed E-state index contributed by atoms with van der Waals surface area (Å²) in [5, 5.41) is 54.4. The Labute approximate surface area is 306 Å². The number of carbonyl (C=O) groups excluding carboxylic acids is 8. The maximum absolute atomic E-state index is 13.8. The van der Waals surface area contributed by atoms with Crippen LogP contribution in [0.4, 0.5) is 9.59 Å². The van der Waals surface area contributed by atoms with Crippen LogP contribution in [-0.4, -0.2) is 67.7 Å². The van der Waals surface area contributed by atoms with Crippen molar-refractivity contribution in [1.29, 1.82) is 0 Å². The maximum Gasteiger partial charge on any atom is 0.328 e. The van der Waals surface area contributed by atoms with Gasteiger partial charge in [-0.3, -0.25) is 50.0 Å². The lowest BCUT2D eigenvalue weighted by Crippen LogP contribution is -2.51. The number of hydrogen-bond donors (Lipinski definition) is 8. The quantitative estimate of drug-likeness (QED) is 0.162. The Hall–Kier alpha value is -6.84. The number of amides is 8. The largest absolute Gasteiger partial charge is 0.507 e. The van der Waals surface area contributed by atoms with Crippen molar-refractivity contribution in [2.24, 2.45) is 11.8 Å². The number of aliphatic hydroxyl groups excluding tert-OH is 2. The Balaban J connectivity index is 1.67. The molecule has 16 nitrogen and oxygen atoms in total. The van der Waals surface area contributed by atoms with Crippen molar-refractivity contribution in [3.8, 4) is 22.6 Å². The van der Waals surface area contributed by atoms with Gasteiger partial charge in [-0.15, -0.1) is 0 Å². The number of hydrogen-bond acceptors (Lipinski definition) is 12. The molecular weight excluding hydrogens is 704 g/mol. The lowest BCUT2D eigenvalue weighted by atomic mass is 9.72. The number of barbiturate groups is 2. The standard InChI is InChI=1S/C38H34N4O12/c1-11(2)21-15-7-13(5)23(29(45)25(15)17(27(43)31(21)47)9-19-33(49)39-37(53)40-34(19)50)24-14(6)8-16-22(12(3)4)32(48)28(44)18(26(16)30(24)46)10-20-35(51)41-38(54)42-36(20)52/h7-12,17-18,45-48H,1-6H3,(H2,39,40,49,50,53)(H2,41,42,51,52,54)/t17-,18-/m1/s1. The van der Waals surface area contributed by atoms with E-state index in [1.54, 1.807) is 53.7 Å². The zero-order valence-electron chi connectivity index (χ0n) is 29.7. The van der Waals surface area contributed by atoms with E-state index < -0.39 is 105 Å². The number of rotatable bonds is 5. The van der Waals surface area contributed by atoms with Crippen LogP contribution in [-0.2, 0) is 28.8 Å². The summed E-state index contributed by atoms with van der Waals surface area (Å²) in [4.78, 5) is 102. The average molecular weight is 739 g/mol. The summed E-state index contributed by atoms with van der Waals surface area (Å²) in [7, 11) is 0. The van der Waals surface area contributed by atoms with Crippen LogP contribution in [0.2, 0.25) is 0 Å². The molecule has 16 heteroatoms. The SMILES string of the molecule is Cc1cc2c(c(O)c1-c1c(C)cc3c(c1O)[C@@H](C=C1C(=O)NC(=O)NC1=O)C(=O)C(O)=C3C(C)C)[C@@H](C=C1C(=O)NC(=O)NC1=O)C(=O)C(O)=C2C(C)C. The summed E-state index contributed by atoms with van der Waals surface area (Å²) in [5.74, 6) is -13.3. The van der Waals surface area contributed by atoms with Gasteiger partial charge < -0.3 is 20.4 Å². The third-order valence-electron chi connectivity index (χ3n) is 9.78. The average Bonchev–Trinajstić information content (AvgIpc) is 3.05. The number of ketones is 2. The van der Waals surface area contributed by atoms with Crippen LogP contribution < -0.4 is 21.3 Å². The van der Waals surface area contributed by atoms with Crippen LogP contribution in [0, 0.1) is 25.7 Å². The van der Waals surface area contributed by atoms with Gasteiger partial charge in [0.15, 0.2) is 11.5 Å². The van der Waals surface area contributed by atoms with Crippen LogP contribution in [0.25, 0.3) is 22.3 Å². The summed E-state index contributed by atoms with van der Waals surface area (Å²) in [6, 6.07) is 0.910. The van der Waals surface area contributed by atoms with E-state index in [9.17, 15) is 58.8 Å². The van der Waals surface area contributed by atoms with Gasteiger partial charge in [-0.2, -0.15) is 0 Å². The van der Waals surface area contributed by atoms with Crippen LogP contribution in [0.3, 0.4) is 0 Å². The van der Waals surface area contributed by atoms with E-state index in [2.05, 4.69) is 0 Å². The molecule has 2 aromatic carbocycles. The lowest BCUT2D eigenvalue weighted by Gasteiger charge is -2.32. The van der Waals surface area contributed by atoms with E-state index in [-0.39, 0.29) is 44.5 Å². The van der Waals surface area contributed by atoms with Crippen molar-refractivity contribution in [3.05, 3.63) is 80.3 Å². The normalized spacial score (nSPS) is 20.2. The van der Waals surface area contributed by atoms with Crippen molar-refractivity contribution in [3.63, 3.8) is 0 Å². The third-order valence-corrected chi connectivity index (χ3v) is 9.78. The molecule has 6 rings (SSSR count). The van der Waals surface area contributed by atoms with E-state index in [1.807, 2.05) is 21.3 Å². The number of allylic oxidation sites excluding steroid dienone is 6. The van der Waals surface area contributed by atoms with Gasteiger partial charge in [0, 0.05) is 33.4 Å². The molecule has 0 spiro atoms. The summed E-state index contributed by atoms with van der Waals surface area (Å²) < 4.78 is 0. The Morgan fingerprint density at radius 3 is 1.11 bits per heavy atom. The number of imide groups is 4. The fourth-order valence-electron chi connectivity index (χ4n) is 7.49. The van der Waals surface area contributed by atoms with Gasteiger partial charge in [0.1, 0.15) is 22.6 Å². The number of fused-ring (bicyclic) bond motifs is 2. The monoisotopic (exact) mass is 738 g/mol. The smallest absolute Gasteiger partial charge is 0.328 e. The van der Waals surface area contributed by atoms with Crippen LogP contribution in [0.5, 0.6) is 11.5 Å². The number of benzene rings is 2. The first kappa shape index (κ1) is 36.9. The second kappa shape index (κ2) is 13.0. The zero-order valence-corrected chi connectivity index (χ0v) is 29.7. The van der Waals surface area contributed by atoms with Crippen molar-refractivity contribution in [2.75, 3.05) is 0 Å². The van der Waals surface area contributed by atoms with Gasteiger partial charge in [0.05, 0.1) is 11.8 Å². The van der Waals surface area contributed by atoms with Gasteiger partial charge in [-0.25, -0.2) is 9.59 Å². The predicted octanol–water partition coefficient (Wildman–Crippen LogP) is 3.15. The molecule has 2 heterocycles. The van der Waals surface area contributed by atoms with E-state index in [1.165, 1.54) is 0 Å². The molecule has 2 saturated heterocycles. The maximum atomic E-state index is 13.8. The number of aryl methyl sites for hydroxylation is 2. The van der Waals surface area contributed by atoms with E-state index in [4.69, 9.17) is 0 Å². The Kier molecular flexibility index (Phi) is 8.88. The second-order valence-corrected chi connectivity index (χ2v) is 13.9. The highest BCUT2D eigenvalue weighted by Crippen LogP contribution is 2.54. The predicted molar refractivity (Wildman–Crippen MR) is 188 cm³/mol. The van der Waals surface area contributed by atoms with Crippen LogP contribution in [0.15, 0.2) is 46.9 Å². The van der Waals surface area contributed by atoms with Gasteiger partial charge in [0.2, 0.25) is 11.6 Å². The zero-order chi connectivity index (χ0) is 39.8. The van der Waals surface area contributed by atoms with E-state index in [0.717, 1.165) is 12.2 Å². The molecule has 2 atom stereocenters. The van der Waals surface area contributed by atoms with Crippen molar-refractivity contribution >= 4 is 58.4 Å². The fraction of sp³-hybridized carbons (Fsp3) is 0.263. The molecule has 2 aliphatic carbocycles. The molecule has 2 fully saturated rings. The lowest BCUT2D eigenvalue weighted by molar-refractivity contribution is -0.126. The summed E-state index contributed by atoms with van der Waals surface area (Å²) in [5.41, 5.74) is -0.376. The number of phenolic OH excluding ortho intramolecular Hbond substituents is 2. The Morgan fingerprint density at radius 1 is 0.537 bits per heavy atom. The summed E-state index contributed by atoms with van der Waals surface area (Å²) in [6.45, 7) is 9.92. The number of urea groups is 2. The topological polar surface area (TPSA) is 266 Å². The molecule has 278 valence electrons. The summed E-state index contributed by atoms with van der Waals surface area (Å²) in [6.07, 6.45) is 1.83. The molecule has 2 aliphatic heterocycles. The molecule has 8 amide bonds. The fourth-order valence-corrected chi connectivity index (χ4v) is 7.49. The highest BCUT2D eigenvalue weighted by molar-refractivity contribution is 6.30. The first-order chi connectivity index (χ1) is 25.3. The molecule has 0 unspecified atom stereocenters. The summed E-state index contributed by atoms with van der Waals surface area (Å²) >= 11 is 0.